The van der Waals surface area contributed by atoms with Crippen molar-refractivity contribution >= 4 is 28.7 Å². The fourth-order valence-corrected chi connectivity index (χ4v) is 2.17. The van der Waals surface area contributed by atoms with Gasteiger partial charge in [-0.05, 0) is 12.5 Å². The van der Waals surface area contributed by atoms with E-state index in [4.69, 9.17) is 4.74 Å². The summed E-state index contributed by atoms with van der Waals surface area (Å²) < 4.78 is 6.11. The third kappa shape index (κ3) is 4.19. The van der Waals surface area contributed by atoms with Crippen molar-refractivity contribution in [3.05, 3.63) is 40.3 Å². The molecule has 1 aromatic heterocycles. The second-order valence-corrected chi connectivity index (χ2v) is 5.13. The lowest BCUT2D eigenvalue weighted by atomic mass is 10.1. The van der Waals surface area contributed by atoms with Crippen LogP contribution in [0.5, 0.6) is 0 Å². The molecule has 0 bridgehead atoms. The van der Waals surface area contributed by atoms with Crippen molar-refractivity contribution in [2.45, 2.75) is 19.9 Å². The maximum absolute atomic E-state index is 12.4. The minimum atomic E-state index is -0.854. The highest BCUT2D eigenvalue weighted by Gasteiger charge is 2.19. The average molecular weight is 346 g/mol. The Hall–Kier alpha value is -3.23. The van der Waals surface area contributed by atoms with Gasteiger partial charge in [0, 0.05) is 19.0 Å². The molecule has 0 saturated carbocycles. The van der Waals surface area contributed by atoms with Crippen LogP contribution in [0.25, 0.3) is 10.8 Å². The number of urea groups is 1. The molecule has 2 N–H and O–H groups in total. The molecule has 0 radical (unpaired) electrons. The Morgan fingerprint density at radius 3 is 2.52 bits per heavy atom. The van der Waals surface area contributed by atoms with Crippen LogP contribution in [0.1, 0.15) is 23.8 Å². The number of aromatic nitrogens is 2. The number of nitrogens with zero attached hydrogens (tertiary/aromatic N) is 2. The van der Waals surface area contributed by atoms with E-state index in [1.54, 1.807) is 24.3 Å². The molecule has 0 atom stereocenters. The summed E-state index contributed by atoms with van der Waals surface area (Å²) in [6, 6.07) is 5.83. The second kappa shape index (κ2) is 8.04. The number of hydrogen-bond acceptors (Lipinski definition) is 6. The molecule has 0 unspecified atom stereocenters. The van der Waals surface area contributed by atoms with Crippen molar-refractivity contribution < 1.29 is 19.1 Å². The lowest BCUT2D eigenvalue weighted by Gasteiger charge is -2.10. The van der Waals surface area contributed by atoms with Crippen molar-refractivity contribution in [1.82, 2.24) is 20.4 Å². The first-order valence-electron chi connectivity index (χ1n) is 7.66. The van der Waals surface area contributed by atoms with Gasteiger partial charge in [0.1, 0.15) is 0 Å². The number of nitrogens with one attached hydrogen (secondary N) is 2. The summed E-state index contributed by atoms with van der Waals surface area (Å²) in [5.41, 5.74) is -0.359. The van der Waals surface area contributed by atoms with Crippen LogP contribution in [-0.4, -0.2) is 41.3 Å². The summed E-state index contributed by atoms with van der Waals surface area (Å²) in [4.78, 5) is 47.2. The summed E-state index contributed by atoms with van der Waals surface area (Å²) in [5.74, 6) is -1.63. The molecule has 2 aromatic rings. The summed E-state index contributed by atoms with van der Waals surface area (Å²) in [6.07, 6.45) is 0.661. The van der Waals surface area contributed by atoms with E-state index >= 15 is 0 Å². The first-order chi connectivity index (χ1) is 12.0. The van der Waals surface area contributed by atoms with E-state index in [0.717, 1.165) is 0 Å². The van der Waals surface area contributed by atoms with Crippen LogP contribution in [0.15, 0.2) is 29.1 Å². The quantitative estimate of drug-likeness (QED) is 0.757. The molecule has 3 amide bonds. The molecule has 0 saturated heterocycles. The summed E-state index contributed by atoms with van der Waals surface area (Å²) >= 11 is 0. The molecule has 9 nitrogen and oxygen atoms in total. The van der Waals surface area contributed by atoms with E-state index in [1.807, 2.05) is 12.2 Å². The maximum atomic E-state index is 12.4. The molecule has 25 heavy (non-hydrogen) atoms. The van der Waals surface area contributed by atoms with Gasteiger partial charge in [0.05, 0.1) is 5.39 Å². The summed E-state index contributed by atoms with van der Waals surface area (Å²) in [7, 11) is 1.35. The van der Waals surface area contributed by atoms with Crippen LogP contribution in [0, 0.1) is 0 Å². The molecule has 132 valence electrons. The van der Waals surface area contributed by atoms with Gasteiger partial charge in [0.25, 0.3) is 11.5 Å². The lowest BCUT2D eigenvalue weighted by molar-refractivity contribution is -0.123. The monoisotopic (exact) mass is 346 g/mol. The SMILES string of the molecule is CCCn1nc(C(=O)OCC(=O)NC(=O)NC)c2ccccc2c1=O. The van der Waals surface area contributed by atoms with E-state index in [2.05, 4.69) is 10.4 Å². The second-order valence-electron chi connectivity index (χ2n) is 5.13. The number of benzene rings is 1. The van der Waals surface area contributed by atoms with Gasteiger partial charge in [-0.1, -0.05) is 25.1 Å². The largest absolute Gasteiger partial charge is 0.451 e. The lowest BCUT2D eigenvalue weighted by Crippen LogP contribution is -2.39. The number of carbonyl (C=O) groups excluding carboxylic acids is 3. The normalized spacial score (nSPS) is 10.3. The van der Waals surface area contributed by atoms with Gasteiger partial charge < -0.3 is 10.1 Å². The van der Waals surface area contributed by atoms with Crippen LogP contribution in [-0.2, 0) is 16.1 Å². The molecule has 0 fully saturated rings. The number of fused-ring (bicyclic) bond motifs is 1. The number of ether oxygens (including phenoxy) is 1. The number of rotatable bonds is 5. The van der Waals surface area contributed by atoms with Gasteiger partial charge in [-0.3, -0.25) is 14.9 Å². The zero-order valence-corrected chi connectivity index (χ0v) is 13.9. The van der Waals surface area contributed by atoms with Crippen LogP contribution in [0.2, 0.25) is 0 Å². The van der Waals surface area contributed by atoms with Crippen molar-refractivity contribution in [3.63, 3.8) is 0 Å². The average Bonchev–Trinajstić information content (AvgIpc) is 2.62. The number of imide groups is 1. The molecule has 0 spiro atoms. The predicted molar refractivity (Wildman–Crippen MR) is 89.2 cm³/mol. The molecular weight excluding hydrogens is 328 g/mol. The number of aryl methyl sites for hydroxylation is 1. The molecular formula is C16H18N4O5. The zero-order chi connectivity index (χ0) is 18.4. The van der Waals surface area contributed by atoms with Gasteiger partial charge in [-0.25, -0.2) is 14.3 Å². The molecule has 1 aromatic carbocycles. The van der Waals surface area contributed by atoms with Crippen LogP contribution in [0.4, 0.5) is 4.79 Å². The predicted octanol–water partition coefficient (Wildman–Crippen LogP) is 0.419. The van der Waals surface area contributed by atoms with Gasteiger partial charge in [-0.15, -0.1) is 0 Å². The van der Waals surface area contributed by atoms with E-state index in [0.29, 0.717) is 23.7 Å². The Morgan fingerprint density at radius 2 is 1.88 bits per heavy atom. The van der Waals surface area contributed by atoms with Crippen LogP contribution in [0.3, 0.4) is 0 Å². The highest BCUT2D eigenvalue weighted by Crippen LogP contribution is 2.14. The van der Waals surface area contributed by atoms with E-state index < -0.39 is 24.5 Å². The minimum Gasteiger partial charge on any atom is -0.451 e. The number of carbonyl (C=O) groups is 3. The summed E-state index contributed by atoms with van der Waals surface area (Å²) in [6.45, 7) is 1.58. The van der Waals surface area contributed by atoms with Crippen LogP contribution < -0.4 is 16.2 Å². The van der Waals surface area contributed by atoms with Gasteiger partial charge >= 0.3 is 12.0 Å². The fraction of sp³-hybridized carbons (Fsp3) is 0.312. The Morgan fingerprint density at radius 1 is 1.20 bits per heavy atom. The van der Waals surface area contributed by atoms with Crippen molar-refractivity contribution in [2.24, 2.45) is 0 Å². The fourth-order valence-electron chi connectivity index (χ4n) is 2.17. The first-order valence-corrected chi connectivity index (χ1v) is 7.66. The van der Waals surface area contributed by atoms with Crippen molar-refractivity contribution in [2.75, 3.05) is 13.7 Å². The highest BCUT2D eigenvalue weighted by atomic mass is 16.5. The van der Waals surface area contributed by atoms with Crippen molar-refractivity contribution in [1.29, 1.82) is 0 Å². The van der Waals surface area contributed by atoms with Gasteiger partial charge in [0.15, 0.2) is 12.3 Å². The summed E-state index contributed by atoms with van der Waals surface area (Å²) in [5, 5.41) is 8.93. The molecule has 2 rings (SSSR count). The number of amides is 3. The molecule has 0 aliphatic rings. The standard InChI is InChI=1S/C16H18N4O5/c1-3-8-20-14(22)11-7-5-4-6-10(11)13(19-20)15(23)25-9-12(21)18-16(24)17-2/h4-7H,3,8-9H2,1-2H3,(H2,17,18,21,24). The van der Waals surface area contributed by atoms with E-state index in [9.17, 15) is 19.2 Å². The maximum Gasteiger partial charge on any atom is 0.359 e. The van der Waals surface area contributed by atoms with E-state index in [-0.39, 0.29) is 11.3 Å². The Bertz CT molecular complexity index is 874. The Labute approximate surface area is 143 Å². The minimum absolute atomic E-state index is 0.0589. The highest BCUT2D eigenvalue weighted by molar-refractivity contribution is 6.03. The van der Waals surface area contributed by atoms with Crippen molar-refractivity contribution in [3.8, 4) is 0 Å². The van der Waals surface area contributed by atoms with Gasteiger partial charge in [-0.2, -0.15) is 5.10 Å². The molecule has 0 aliphatic carbocycles. The number of esters is 1. The molecule has 0 aliphatic heterocycles. The zero-order valence-electron chi connectivity index (χ0n) is 13.9. The van der Waals surface area contributed by atoms with E-state index in [1.165, 1.54) is 11.7 Å². The van der Waals surface area contributed by atoms with Gasteiger partial charge in [0.2, 0.25) is 0 Å². The topological polar surface area (TPSA) is 119 Å². The first kappa shape index (κ1) is 18.1. The molecule has 1 heterocycles. The third-order valence-corrected chi connectivity index (χ3v) is 3.31. The molecule has 9 heteroatoms. The Kier molecular flexibility index (Phi) is 5.83. The number of hydrogen-bond donors (Lipinski definition) is 2. The van der Waals surface area contributed by atoms with Crippen LogP contribution >= 0.6 is 0 Å². The smallest absolute Gasteiger partial charge is 0.359 e. The third-order valence-electron chi connectivity index (χ3n) is 3.31. The Balaban J connectivity index is 2.28.